The van der Waals surface area contributed by atoms with Crippen LogP contribution in [0.5, 0.6) is 0 Å². The largest absolute Gasteiger partial charge is 0.480 e. The van der Waals surface area contributed by atoms with Crippen molar-refractivity contribution >= 4 is 47.4 Å². The van der Waals surface area contributed by atoms with E-state index in [0.29, 0.717) is 58.0 Å². The molecule has 0 spiro atoms. The summed E-state index contributed by atoms with van der Waals surface area (Å²) in [6.45, 7) is 3.22. The number of carboxylic acids is 1. The number of aliphatic carboxylic acids is 1. The second-order valence-electron chi connectivity index (χ2n) is 14.1. The Morgan fingerprint density at radius 2 is 1.02 bits per heavy atom. The number of hydrogen-bond acceptors (Lipinski definition) is 13. The molecule has 57 heavy (non-hydrogen) atoms. The average molecular weight is 816 g/mol. The monoisotopic (exact) mass is 816 g/mol. The van der Waals surface area contributed by atoms with E-state index in [1.165, 1.54) is 0 Å². The molecule has 0 aromatic carbocycles. The summed E-state index contributed by atoms with van der Waals surface area (Å²) in [5.74, 6) is -6.08. The van der Waals surface area contributed by atoms with Gasteiger partial charge in [0, 0.05) is 6.54 Å². The van der Waals surface area contributed by atoms with Gasteiger partial charge < -0.3 is 76.5 Å². The number of carboxylic acid groups (broad SMARTS) is 1. The van der Waals surface area contributed by atoms with Crippen molar-refractivity contribution in [3.8, 4) is 0 Å². The lowest BCUT2D eigenvalue weighted by Crippen LogP contribution is -2.59. The van der Waals surface area contributed by atoms with Gasteiger partial charge in [-0.05, 0) is 96.2 Å². The number of unbranched alkanes of at least 4 members (excludes halogenated alkanes) is 3. The van der Waals surface area contributed by atoms with Crippen LogP contribution in [-0.2, 0) is 33.6 Å². The van der Waals surface area contributed by atoms with Crippen molar-refractivity contribution in [2.24, 2.45) is 45.3 Å². The molecule has 6 amide bonds. The van der Waals surface area contributed by atoms with Crippen LogP contribution in [0.4, 0.5) is 0 Å². The Hall–Kier alpha value is -4.64. The maximum atomic E-state index is 13.8. The van der Waals surface area contributed by atoms with Crippen LogP contribution in [0, 0.1) is 5.92 Å². The van der Waals surface area contributed by atoms with E-state index >= 15 is 0 Å². The molecule has 0 aromatic rings. The molecule has 20 N–H and O–H groups in total. The van der Waals surface area contributed by atoms with Gasteiger partial charge in [-0.1, -0.05) is 20.3 Å². The first-order valence-electron chi connectivity index (χ1n) is 19.5. The first-order valence-corrected chi connectivity index (χ1v) is 19.5. The van der Waals surface area contributed by atoms with Crippen molar-refractivity contribution in [1.29, 1.82) is 0 Å². The SMILES string of the molecule is CC(C)C[C@H](NC(=O)CNC(=O)[C@H](CO)NC(=O)[C@H](CCCCN)NC(=O)[C@H](CCCN=C(N)N)NC(=O)[C@H](CCCCN)NC(=O)[C@@H](N)CCCCN)C(=O)O. The molecule has 0 aliphatic rings. The smallest absolute Gasteiger partial charge is 0.326 e. The number of nitrogens with zero attached hydrogens (tertiary/aromatic N) is 1. The van der Waals surface area contributed by atoms with E-state index in [1.807, 2.05) is 0 Å². The molecule has 6 atom stereocenters. The zero-order valence-electron chi connectivity index (χ0n) is 33.4. The van der Waals surface area contributed by atoms with Gasteiger partial charge in [-0.2, -0.15) is 0 Å². The lowest BCUT2D eigenvalue weighted by molar-refractivity contribution is -0.142. The number of aliphatic imine (C=N–C) groups is 1. The second kappa shape index (κ2) is 30.5. The van der Waals surface area contributed by atoms with Gasteiger partial charge in [0.05, 0.1) is 19.2 Å². The number of amides is 6. The fourth-order valence-corrected chi connectivity index (χ4v) is 5.45. The number of nitrogens with one attached hydrogen (secondary N) is 6. The fraction of sp³-hybridized carbons (Fsp3) is 0.771. The average Bonchev–Trinajstić information content (AvgIpc) is 3.15. The highest BCUT2D eigenvalue weighted by Gasteiger charge is 2.32. The molecule has 0 radical (unpaired) electrons. The quantitative estimate of drug-likeness (QED) is 0.0173. The summed E-state index contributed by atoms with van der Waals surface area (Å²) in [5, 5.41) is 34.2. The number of carbonyl (C=O) groups excluding carboxylic acids is 6. The molecular weight excluding hydrogens is 746 g/mol. The Morgan fingerprint density at radius 3 is 1.44 bits per heavy atom. The predicted molar refractivity (Wildman–Crippen MR) is 213 cm³/mol. The third-order valence-corrected chi connectivity index (χ3v) is 8.62. The minimum atomic E-state index is -1.56. The Morgan fingerprint density at radius 1 is 0.579 bits per heavy atom. The summed E-state index contributed by atoms with van der Waals surface area (Å²) < 4.78 is 0. The molecule has 0 unspecified atom stereocenters. The van der Waals surface area contributed by atoms with Crippen LogP contribution in [0.15, 0.2) is 4.99 Å². The molecule has 0 aliphatic heterocycles. The zero-order valence-corrected chi connectivity index (χ0v) is 33.4. The van der Waals surface area contributed by atoms with Crippen LogP contribution < -0.4 is 66.3 Å². The number of hydrogen-bond donors (Lipinski definition) is 14. The van der Waals surface area contributed by atoms with E-state index in [4.69, 9.17) is 34.4 Å². The molecule has 22 heteroatoms. The van der Waals surface area contributed by atoms with E-state index < -0.39 is 90.8 Å². The molecule has 0 heterocycles. The molecule has 22 nitrogen and oxygen atoms in total. The van der Waals surface area contributed by atoms with E-state index in [2.05, 4.69) is 36.9 Å². The summed E-state index contributed by atoms with van der Waals surface area (Å²) in [6.07, 6.45) is 4.16. The number of aliphatic hydroxyl groups excluding tert-OH is 1. The van der Waals surface area contributed by atoms with Crippen molar-refractivity contribution in [1.82, 2.24) is 31.9 Å². The molecule has 0 fully saturated rings. The summed E-state index contributed by atoms with van der Waals surface area (Å²) in [6, 6.07) is -7.22. The minimum Gasteiger partial charge on any atom is -0.480 e. The maximum Gasteiger partial charge on any atom is 0.326 e. The Balaban J connectivity index is 6.08. The number of rotatable bonds is 32. The normalized spacial score (nSPS) is 14.2. The van der Waals surface area contributed by atoms with E-state index in [-0.39, 0.29) is 57.1 Å². The minimum absolute atomic E-state index is 0.0111. The highest BCUT2D eigenvalue weighted by Crippen LogP contribution is 2.09. The van der Waals surface area contributed by atoms with Gasteiger partial charge in [0.1, 0.15) is 30.2 Å². The zero-order chi connectivity index (χ0) is 43.3. The molecule has 0 aliphatic carbocycles. The van der Waals surface area contributed by atoms with Crippen LogP contribution in [0.1, 0.15) is 90.9 Å². The van der Waals surface area contributed by atoms with Crippen LogP contribution >= 0.6 is 0 Å². The number of nitrogens with two attached hydrogens (primary N) is 6. The highest BCUT2D eigenvalue weighted by molar-refractivity contribution is 5.96. The van der Waals surface area contributed by atoms with Gasteiger partial charge in [0.15, 0.2) is 5.96 Å². The number of aliphatic hydroxyl groups is 1. The molecule has 0 saturated carbocycles. The predicted octanol–water partition coefficient (Wildman–Crippen LogP) is -4.58. The van der Waals surface area contributed by atoms with Crippen LogP contribution in [0.25, 0.3) is 0 Å². The van der Waals surface area contributed by atoms with Crippen molar-refractivity contribution < 1.29 is 43.8 Å². The van der Waals surface area contributed by atoms with Crippen LogP contribution in [-0.4, -0.2) is 133 Å². The van der Waals surface area contributed by atoms with E-state index in [9.17, 15) is 43.8 Å². The lowest BCUT2D eigenvalue weighted by Gasteiger charge is -2.27. The van der Waals surface area contributed by atoms with Crippen molar-refractivity contribution in [3.05, 3.63) is 0 Å². The molecule has 0 aromatic heterocycles. The van der Waals surface area contributed by atoms with E-state index in [1.54, 1.807) is 13.8 Å². The molecular formula is C35H69N13O9. The number of carbonyl (C=O) groups is 7. The topological polar surface area (TPSA) is 401 Å². The Kier molecular flexibility index (Phi) is 28.0. The number of guanidine groups is 1. The maximum absolute atomic E-state index is 13.8. The second-order valence-corrected chi connectivity index (χ2v) is 14.1. The van der Waals surface area contributed by atoms with Gasteiger partial charge >= 0.3 is 5.97 Å². The van der Waals surface area contributed by atoms with Crippen molar-refractivity contribution in [3.63, 3.8) is 0 Å². The summed E-state index contributed by atoms with van der Waals surface area (Å²) >= 11 is 0. The van der Waals surface area contributed by atoms with Gasteiger partial charge in [0.2, 0.25) is 35.4 Å². The van der Waals surface area contributed by atoms with Gasteiger partial charge in [-0.15, -0.1) is 0 Å². The highest BCUT2D eigenvalue weighted by atomic mass is 16.4. The first-order chi connectivity index (χ1) is 27.0. The Labute approximate surface area is 334 Å². The van der Waals surface area contributed by atoms with Gasteiger partial charge in [-0.3, -0.25) is 33.8 Å². The third-order valence-electron chi connectivity index (χ3n) is 8.62. The summed E-state index contributed by atoms with van der Waals surface area (Å²) in [5.41, 5.74) is 33.8. The van der Waals surface area contributed by atoms with Crippen molar-refractivity contribution in [2.45, 2.75) is 127 Å². The standard InChI is InChI=1S/C35H69N13O9/c1-21(2)18-26(34(56)57)44-28(50)19-43-30(52)27(20-49)48-33(55)24(12-5-8-16-38)46-32(54)25(13-9-17-42-35(40)41)47-31(53)23(11-4-7-15-37)45-29(51)22(39)10-3-6-14-36/h21-27,49H,3-20,36-39H2,1-2H3,(H,43,52)(H,44,50)(H,45,51)(H,46,54)(H,47,53)(H,48,55)(H,56,57)(H4,40,41,42)/t22-,23-,24-,25-,26-,27-/m0/s1. The van der Waals surface area contributed by atoms with Gasteiger partial charge in [0.25, 0.3) is 0 Å². The molecule has 0 saturated heterocycles. The fourth-order valence-electron chi connectivity index (χ4n) is 5.45. The third kappa shape index (κ3) is 23.9. The van der Waals surface area contributed by atoms with Crippen molar-refractivity contribution in [2.75, 3.05) is 39.3 Å². The molecule has 328 valence electrons. The summed E-state index contributed by atoms with van der Waals surface area (Å²) in [7, 11) is 0. The summed E-state index contributed by atoms with van der Waals surface area (Å²) in [4.78, 5) is 94.6. The van der Waals surface area contributed by atoms with Gasteiger partial charge in [-0.25, -0.2) is 4.79 Å². The molecule has 0 rings (SSSR count). The van der Waals surface area contributed by atoms with Crippen LogP contribution in [0.3, 0.4) is 0 Å². The van der Waals surface area contributed by atoms with Crippen LogP contribution in [0.2, 0.25) is 0 Å². The first kappa shape index (κ1) is 52.4. The van der Waals surface area contributed by atoms with E-state index in [0.717, 1.165) is 0 Å². The molecule has 0 bridgehead atoms. The Bertz CT molecular complexity index is 1280. The lowest BCUT2D eigenvalue weighted by atomic mass is 10.0.